The summed E-state index contributed by atoms with van der Waals surface area (Å²) in [6.45, 7) is 0.791. The van der Waals surface area contributed by atoms with Gasteiger partial charge >= 0.3 is 6.03 Å². The highest BCUT2D eigenvalue weighted by Gasteiger charge is 2.50. The van der Waals surface area contributed by atoms with Crippen LogP contribution < -0.4 is 5.32 Å². The number of carbonyl (C=O) groups is 3. The first-order valence-corrected chi connectivity index (χ1v) is 7.51. The second-order valence-corrected chi connectivity index (χ2v) is 5.86. The number of halogens is 2. The fourth-order valence-electron chi connectivity index (χ4n) is 2.76. The van der Waals surface area contributed by atoms with Crippen molar-refractivity contribution in [3.05, 3.63) is 71.3 Å². The molecule has 2 aromatic carbocycles. The number of nitrogens with one attached hydrogen (secondary N) is 1. The first-order chi connectivity index (χ1) is 11.8. The maximum absolute atomic E-state index is 14.1. The summed E-state index contributed by atoms with van der Waals surface area (Å²) in [4.78, 5) is 37.8. The Morgan fingerprint density at radius 2 is 1.80 bits per heavy atom. The third-order valence-corrected chi connectivity index (χ3v) is 4.14. The normalized spacial score (nSPS) is 19.9. The van der Waals surface area contributed by atoms with Gasteiger partial charge in [-0.1, -0.05) is 30.3 Å². The predicted octanol–water partition coefficient (Wildman–Crippen LogP) is 2.61. The molecule has 0 spiro atoms. The summed E-state index contributed by atoms with van der Waals surface area (Å²) in [6, 6.07) is 9.99. The van der Waals surface area contributed by atoms with Gasteiger partial charge in [0.2, 0.25) is 0 Å². The number of hydrogen-bond donors (Lipinski definition) is 1. The summed E-state index contributed by atoms with van der Waals surface area (Å²) in [5.74, 6) is -2.81. The largest absolute Gasteiger partial charge is 0.325 e. The molecule has 1 aliphatic heterocycles. The van der Waals surface area contributed by atoms with Crippen LogP contribution in [0.3, 0.4) is 0 Å². The van der Waals surface area contributed by atoms with Gasteiger partial charge in [-0.25, -0.2) is 13.6 Å². The van der Waals surface area contributed by atoms with Crippen molar-refractivity contribution in [1.29, 1.82) is 0 Å². The summed E-state index contributed by atoms with van der Waals surface area (Å²) in [7, 11) is 0. The van der Waals surface area contributed by atoms with Crippen molar-refractivity contribution < 1.29 is 23.2 Å². The molecule has 3 rings (SSSR count). The van der Waals surface area contributed by atoms with E-state index in [-0.39, 0.29) is 5.56 Å². The lowest BCUT2D eigenvalue weighted by atomic mass is 9.91. The molecule has 0 aliphatic carbocycles. The van der Waals surface area contributed by atoms with E-state index in [0.29, 0.717) is 10.5 Å². The van der Waals surface area contributed by atoms with Crippen molar-refractivity contribution in [2.24, 2.45) is 0 Å². The lowest BCUT2D eigenvalue weighted by molar-refractivity contribution is -0.130. The minimum absolute atomic E-state index is 0.291. The molecule has 1 saturated heterocycles. The Bertz CT molecular complexity index is 870. The SMILES string of the molecule is C[C@]1(c2cc(F)ccc2F)NC(=O)N(CC(=O)c2ccccc2)C1=O. The van der Waals surface area contributed by atoms with Crippen LogP contribution >= 0.6 is 0 Å². The molecule has 1 fully saturated rings. The zero-order valence-electron chi connectivity index (χ0n) is 13.3. The number of imide groups is 1. The Morgan fingerprint density at radius 3 is 2.48 bits per heavy atom. The number of amides is 3. The number of hydrogen-bond acceptors (Lipinski definition) is 3. The van der Waals surface area contributed by atoms with Crippen molar-refractivity contribution in [3.8, 4) is 0 Å². The molecule has 1 heterocycles. The first kappa shape index (κ1) is 16.8. The topological polar surface area (TPSA) is 66.5 Å². The van der Waals surface area contributed by atoms with E-state index in [1.165, 1.54) is 6.92 Å². The lowest BCUT2D eigenvalue weighted by Crippen LogP contribution is -2.42. The monoisotopic (exact) mass is 344 g/mol. The number of ketones is 1. The van der Waals surface area contributed by atoms with Crippen molar-refractivity contribution in [2.45, 2.75) is 12.5 Å². The van der Waals surface area contributed by atoms with E-state index >= 15 is 0 Å². The van der Waals surface area contributed by atoms with Gasteiger partial charge in [0.1, 0.15) is 17.2 Å². The molecule has 1 aliphatic rings. The van der Waals surface area contributed by atoms with Crippen LogP contribution in [0, 0.1) is 11.6 Å². The van der Waals surface area contributed by atoms with E-state index in [1.54, 1.807) is 30.3 Å². The van der Waals surface area contributed by atoms with Gasteiger partial charge in [-0.3, -0.25) is 14.5 Å². The van der Waals surface area contributed by atoms with E-state index in [2.05, 4.69) is 5.32 Å². The van der Waals surface area contributed by atoms with Crippen LogP contribution in [0.2, 0.25) is 0 Å². The third kappa shape index (κ3) is 2.88. The summed E-state index contributed by atoms with van der Waals surface area (Å²) in [5, 5.41) is 2.35. The Morgan fingerprint density at radius 1 is 1.12 bits per heavy atom. The third-order valence-electron chi connectivity index (χ3n) is 4.14. The van der Waals surface area contributed by atoms with Crippen molar-refractivity contribution >= 4 is 17.7 Å². The van der Waals surface area contributed by atoms with Gasteiger partial charge < -0.3 is 5.32 Å². The highest BCUT2D eigenvalue weighted by Crippen LogP contribution is 2.31. The fraction of sp³-hybridized carbons (Fsp3) is 0.167. The molecule has 3 amide bonds. The van der Waals surface area contributed by atoms with Gasteiger partial charge in [-0.2, -0.15) is 0 Å². The van der Waals surface area contributed by atoms with E-state index in [9.17, 15) is 23.2 Å². The molecular formula is C18H14F2N2O3. The smallest absolute Gasteiger partial charge is 0.319 e. The number of benzene rings is 2. The number of urea groups is 1. The van der Waals surface area contributed by atoms with E-state index in [4.69, 9.17) is 0 Å². The molecule has 0 radical (unpaired) electrons. The fourth-order valence-corrected chi connectivity index (χ4v) is 2.76. The molecule has 1 atom stereocenters. The van der Waals surface area contributed by atoms with Gasteiger partial charge in [-0.15, -0.1) is 0 Å². The number of carbonyl (C=O) groups excluding carboxylic acids is 3. The molecule has 7 heteroatoms. The van der Waals surface area contributed by atoms with E-state index < -0.39 is 41.4 Å². The molecular weight excluding hydrogens is 330 g/mol. The van der Waals surface area contributed by atoms with Crippen LogP contribution in [0.1, 0.15) is 22.8 Å². The average Bonchev–Trinajstić information content (AvgIpc) is 2.81. The van der Waals surface area contributed by atoms with Gasteiger partial charge in [0.05, 0.1) is 6.54 Å². The molecule has 5 nitrogen and oxygen atoms in total. The molecule has 128 valence electrons. The molecule has 0 unspecified atom stereocenters. The van der Waals surface area contributed by atoms with Gasteiger partial charge in [0.15, 0.2) is 5.78 Å². The molecule has 2 aromatic rings. The first-order valence-electron chi connectivity index (χ1n) is 7.51. The maximum atomic E-state index is 14.1. The van der Waals surface area contributed by atoms with E-state index in [0.717, 1.165) is 18.2 Å². The summed E-state index contributed by atoms with van der Waals surface area (Å²) >= 11 is 0. The Hall–Kier alpha value is -3.09. The predicted molar refractivity (Wildman–Crippen MR) is 84.7 cm³/mol. The van der Waals surface area contributed by atoms with Gasteiger partial charge in [0, 0.05) is 11.1 Å². The molecule has 1 N–H and O–H groups in total. The zero-order valence-corrected chi connectivity index (χ0v) is 13.3. The van der Waals surface area contributed by atoms with Gasteiger partial charge in [0.25, 0.3) is 5.91 Å². The van der Waals surface area contributed by atoms with Gasteiger partial charge in [-0.05, 0) is 25.1 Å². The Balaban J connectivity index is 1.90. The minimum atomic E-state index is -1.78. The van der Waals surface area contributed by atoms with Crippen LogP contribution in [-0.4, -0.2) is 29.2 Å². The summed E-state index contributed by atoms with van der Waals surface area (Å²) in [6.07, 6.45) is 0. The second-order valence-electron chi connectivity index (χ2n) is 5.86. The second kappa shape index (κ2) is 6.08. The number of Topliss-reactive ketones (excluding diaryl/α,β-unsaturated/α-hetero) is 1. The molecule has 0 bridgehead atoms. The minimum Gasteiger partial charge on any atom is -0.319 e. The zero-order chi connectivity index (χ0) is 18.2. The Labute approximate surface area is 142 Å². The summed E-state index contributed by atoms with van der Waals surface area (Å²) in [5.41, 5.74) is -1.73. The van der Waals surface area contributed by atoms with Crippen molar-refractivity contribution in [2.75, 3.05) is 6.54 Å². The standard InChI is InChI=1S/C18H14F2N2O3/c1-18(13-9-12(19)7-8-14(13)20)16(24)22(17(25)21-18)10-15(23)11-5-3-2-4-6-11/h2-9H,10H2,1H3,(H,21,25)/t18-/m1/s1. The highest BCUT2D eigenvalue weighted by atomic mass is 19.1. The molecule has 25 heavy (non-hydrogen) atoms. The van der Waals surface area contributed by atoms with E-state index in [1.807, 2.05) is 0 Å². The van der Waals surface area contributed by atoms with Crippen LogP contribution in [0.5, 0.6) is 0 Å². The van der Waals surface area contributed by atoms with Crippen LogP contribution in [0.25, 0.3) is 0 Å². The van der Waals surface area contributed by atoms with Crippen molar-refractivity contribution in [3.63, 3.8) is 0 Å². The number of rotatable bonds is 4. The lowest BCUT2D eigenvalue weighted by Gasteiger charge is -2.22. The molecule has 0 saturated carbocycles. The molecule has 0 aromatic heterocycles. The van der Waals surface area contributed by atoms with Crippen LogP contribution in [-0.2, 0) is 10.3 Å². The Kier molecular flexibility index (Phi) is 4.08. The highest BCUT2D eigenvalue weighted by molar-refractivity contribution is 6.11. The maximum Gasteiger partial charge on any atom is 0.325 e. The summed E-state index contributed by atoms with van der Waals surface area (Å²) < 4.78 is 27.5. The van der Waals surface area contributed by atoms with Crippen LogP contribution in [0.4, 0.5) is 13.6 Å². The quantitative estimate of drug-likeness (QED) is 0.685. The van der Waals surface area contributed by atoms with Crippen molar-refractivity contribution in [1.82, 2.24) is 10.2 Å². The van der Waals surface area contributed by atoms with Crippen LogP contribution in [0.15, 0.2) is 48.5 Å². The average molecular weight is 344 g/mol. The number of nitrogens with zero attached hydrogens (tertiary/aromatic N) is 1.